The number of aryl methyl sites for hydroxylation is 1. The smallest absolute Gasteiger partial charge is 0.490 e. The zero-order valence-corrected chi connectivity index (χ0v) is 17.1. The van der Waals surface area contributed by atoms with Gasteiger partial charge in [-0.05, 0) is 5.76 Å². The van der Waals surface area contributed by atoms with Crippen LogP contribution in [0.2, 0.25) is 0 Å². The molecule has 0 aromatic carbocycles. The van der Waals surface area contributed by atoms with Gasteiger partial charge >= 0.3 is 5.82 Å². The predicted molar refractivity (Wildman–Crippen MR) is 40.2 cm³/mol. The van der Waals surface area contributed by atoms with E-state index >= 15 is 0 Å². The molecule has 13 heavy (non-hydrogen) atoms. The Kier molecular flexibility index (Phi) is 5.67. The molecule has 0 aliphatic heterocycles. The molecule has 0 N–H and O–H groups in total. The SMILES string of the molecule is Cc1oc(=O)oc1[CH-]C(C)C.[Re].[Rf]. The first-order valence-corrected chi connectivity index (χ1v) is 3.55. The van der Waals surface area contributed by atoms with Crippen LogP contribution in [0.3, 0.4) is 0 Å². The molecule has 0 atom stereocenters. The fourth-order valence-electron chi connectivity index (χ4n) is 0.812. The Bertz CT molecular complexity index is 290. The number of hydrogen-bond donors (Lipinski definition) is 0. The third kappa shape index (κ3) is 3.64. The van der Waals surface area contributed by atoms with Gasteiger partial charge < -0.3 is 8.83 Å². The van der Waals surface area contributed by atoms with Gasteiger partial charge in [0.15, 0.2) is 0 Å². The molecular formula is C8H11O3ReRf-. The largest absolute Gasteiger partial charge is 0.498 e. The Morgan fingerprint density at radius 1 is 1.31 bits per heavy atom. The standard InChI is InChI=1S/C8H11O3.Re.Rf/c1-5(2)4-7-6(3)10-8(9)11-7;;/h4-5H,1-3H3;;/q-1;;. The third-order valence-corrected chi connectivity index (χ3v) is 1.26. The van der Waals surface area contributed by atoms with Crippen molar-refractivity contribution in [1.29, 1.82) is 0 Å². The maximum atomic E-state index is 10.5. The van der Waals surface area contributed by atoms with Crippen molar-refractivity contribution in [3.63, 3.8) is 0 Å². The molecule has 0 spiro atoms. The van der Waals surface area contributed by atoms with E-state index in [1.807, 2.05) is 20.3 Å². The summed E-state index contributed by atoms with van der Waals surface area (Å²) in [5.41, 5.74) is 0. The first-order valence-electron chi connectivity index (χ1n) is 3.55. The molecule has 3 nitrogen and oxygen atoms in total. The molecule has 0 saturated heterocycles. The van der Waals surface area contributed by atoms with E-state index in [-0.39, 0.29) is 20.4 Å². The van der Waals surface area contributed by atoms with Crippen molar-refractivity contribution in [3.8, 4) is 0 Å². The van der Waals surface area contributed by atoms with Crippen LogP contribution in [0.5, 0.6) is 0 Å². The maximum absolute atomic E-state index is 10.5. The van der Waals surface area contributed by atoms with E-state index in [0.717, 1.165) is 0 Å². The zero-order chi connectivity index (χ0) is 8.43. The summed E-state index contributed by atoms with van der Waals surface area (Å²) in [6.07, 6.45) is 1.85. The van der Waals surface area contributed by atoms with Crippen LogP contribution < -0.4 is 5.82 Å². The molecule has 1 aromatic heterocycles. The zero-order valence-electron chi connectivity index (χ0n) is 7.96. The molecule has 0 bridgehead atoms. The van der Waals surface area contributed by atoms with Crippen LogP contribution in [0.1, 0.15) is 25.4 Å². The second-order valence-electron chi connectivity index (χ2n) is 2.79. The summed E-state index contributed by atoms with van der Waals surface area (Å²) < 4.78 is 9.41. The monoisotopic (exact) mass is 609 g/mol. The first kappa shape index (κ1) is 14.1. The van der Waals surface area contributed by atoms with Gasteiger partial charge in [-0.25, -0.2) is 4.79 Å². The van der Waals surface area contributed by atoms with Crippen LogP contribution in [0.4, 0.5) is 0 Å². The Morgan fingerprint density at radius 3 is 2.15 bits per heavy atom. The molecule has 0 unspecified atom stereocenters. The van der Waals surface area contributed by atoms with Gasteiger partial charge in [0, 0.05) is 26.2 Å². The summed E-state index contributed by atoms with van der Waals surface area (Å²) in [4.78, 5) is 10.5. The molecule has 0 aliphatic rings. The van der Waals surface area contributed by atoms with E-state index in [1.54, 1.807) is 6.92 Å². The van der Waals surface area contributed by atoms with Gasteiger partial charge in [-0.15, -0.1) is 0 Å². The topological polar surface area (TPSA) is 43.4 Å². The summed E-state index contributed by atoms with van der Waals surface area (Å²) in [6, 6.07) is 0. The van der Waals surface area contributed by atoms with Gasteiger partial charge in [-0.2, -0.15) is 6.42 Å². The normalized spacial score (nSPS) is 8.92. The van der Waals surface area contributed by atoms with Crippen molar-refractivity contribution < 1.29 is 29.3 Å². The molecule has 71 valence electrons. The minimum Gasteiger partial charge on any atom is -0.490 e. The molecule has 1 rings (SSSR count). The summed E-state index contributed by atoms with van der Waals surface area (Å²) in [7, 11) is 0. The van der Waals surface area contributed by atoms with Crippen molar-refractivity contribution in [3.05, 3.63) is 28.6 Å². The van der Waals surface area contributed by atoms with E-state index in [2.05, 4.69) is 4.42 Å². The molecule has 1 heterocycles. The van der Waals surface area contributed by atoms with Crippen molar-refractivity contribution >= 4 is 0 Å². The predicted octanol–water partition coefficient (Wildman–Crippen LogP) is 1.75. The van der Waals surface area contributed by atoms with E-state index in [4.69, 9.17) is 4.42 Å². The van der Waals surface area contributed by atoms with Gasteiger partial charge in [0.25, 0.3) is 0 Å². The summed E-state index contributed by atoms with van der Waals surface area (Å²) in [6.45, 7) is 5.72. The molecule has 1 radical (unpaired) electrons. The second kappa shape index (κ2) is 5.23. The fraction of sp³-hybridized carbons (Fsp3) is 0.500. The van der Waals surface area contributed by atoms with Crippen LogP contribution in [0.15, 0.2) is 13.6 Å². The van der Waals surface area contributed by atoms with Crippen molar-refractivity contribution in [2.75, 3.05) is 0 Å². The minimum absolute atomic E-state index is 0. The van der Waals surface area contributed by atoms with E-state index < -0.39 is 5.82 Å². The van der Waals surface area contributed by atoms with E-state index in [1.165, 1.54) is 0 Å². The average molecular weight is 608 g/mol. The van der Waals surface area contributed by atoms with Gasteiger partial charge in [0.1, 0.15) is 0 Å². The molecule has 0 saturated carbocycles. The Balaban J connectivity index is 0. The van der Waals surface area contributed by atoms with Gasteiger partial charge in [-0.1, -0.05) is 26.7 Å². The molecule has 0 amide bonds. The van der Waals surface area contributed by atoms with Gasteiger partial charge in [0.05, 0.1) is 0 Å². The quantitative estimate of drug-likeness (QED) is 0.481. The maximum Gasteiger partial charge on any atom is 0.498 e. The Morgan fingerprint density at radius 2 is 1.85 bits per heavy atom. The molecule has 1 aromatic rings. The first-order chi connectivity index (χ1) is 5.09. The van der Waals surface area contributed by atoms with Crippen molar-refractivity contribution in [1.82, 2.24) is 0 Å². The molecule has 0 aliphatic carbocycles. The third-order valence-electron chi connectivity index (χ3n) is 1.26. The van der Waals surface area contributed by atoms with Crippen LogP contribution in [0.25, 0.3) is 0 Å². The molecule has 0 fully saturated rings. The van der Waals surface area contributed by atoms with Gasteiger partial charge in [0.2, 0.25) is 0 Å². The average Bonchev–Trinajstić information content (AvgIpc) is 2.09. The second-order valence-corrected chi connectivity index (χ2v) is 2.79. The van der Waals surface area contributed by atoms with Crippen molar-refractivity contribution in [2.24, 2.45) is 5.92 Å². The minimum atomic E-state index is -0.630. The van der Waals surface area contributed by atoms with Crippen LogP contribution >= 0.6 is 0 Å². The number of rotatable bonds is 2. The van der Waals surface area contributed by atoms with Crippen molar-refractivity contribution in [2.45, 2.75) is 20.8 Å². The van der Waals surface area contributed by atoms with Gasteiger partial charge in [-0.3, -0.25) is 0 Å². The summed E-state index contributed by atoms with van der Waals surface area (Å²) >= 11 is 0. The van der Waals surface area contributed by atoms with Crippen LogP contribution in [0, 0.1) is 19.3 Å². The Hall–Kier alpha value is -1.46. The van der Waals surface area contributed by atoms with Crippen LogP contribution in [-0.4, -0.2) is 0 Å². The molecule has 5 heteroatoms. The molecular weight excluding hydrogens is 597 g/mol. The summed E-state index contributed by atoms with van der Waals surface area (Å²) in [5.74, 6) is 0.817. The van der Waals surface area contributed by atoms with E-state index in [0.29, 0.717) is 17.4 Å². The fourth-order valence-corrected chi connectivity index (χ4v) is 0.812. The number of hydrogen-bond acceptors (Lipinski definition) is 3. The Labute approximate surface area is 84.8 Å². The van der Waals surface area contributed by atoms with Crippen LogP contribution in [-0.2, 0) is 20.4 Å². The van der Waals surface area contributed by atoms with E-state index in [9.17, 15) is 4.79 Å². The summed E-state index contributed by atoms with van der Waals surface area (Å²) in [5, 5.41) is 0.